The second-order valence-corrected chi connectivity index (χ2v) is 6.22. The zero-order valence-corrected chi connectivity index (χ0v) is 11.6. The molecule has 1 amide bonds. The molecule has 102 valence electrons. The van der Waals surface area contributed by atoms with E-state index in [0.29, 0.717) is 25.3 Å². The molecule has 0 fully saturated rings. The first-order valence-corrected chi connectivity index (χ1v) is 7.41. The van der Waals surface area contributed by atoms with E-state index in [1.807, 2.05) is 0 Å². The Morgan fingerprint density at radius 3 is 2.67 bits per heavy atom. The molecule has 0 aliphatic carbocycles. The molecule has 7 heteroatoms. The maximum Gasteiger partial charge on any atom is 0.287 e. The molecule has 0 bridgehead atoms. The zero-order valence-electron chi connectivity index (χ0n) is 10.8. The molecule has 1 rings (SSSR count). The lowest BCUT2D eigenvalue weighted by molar-refractivity contribution is 0.0924. The second kappa shape index (κ2) is 6.01. The summed E-state index contributed by atoms with van der Waals surface area (Å²) in [4.78, 5) is 11.6. The molecule has 0 radical (unpaired) electrons. The molecular formula is C11H18N2O4S. The van der Waals surface area contributed by atoms with Gasteiger partial charge < -0.3 is 9.73 Å². The van der Waals surface area contributed by atoms with Gasteiger partial charge in [0.1, 0.15) is 0 Å². The molecule has 0 spiro atoms. The van der Waals surface area contributed by atoms with Crippen molar-refractivity contribution >= 4 is 15.9 Å². The van der Waals surface area contributed by atoms with Gasteiger partial charge in [0, 0.05) is 25.7 Å². The number of hydrogen-bond donors (Lipinski definition) is 1. The number of nitrogens with one attached hydrogen (secondary N) is 1. The van der Waals surface area contributed by atoms with Crippen molar-refractivity contribution in [2.45, 2.75) is 13.3 Å². The van der Waals surface area contributed by atoms with Gasteiger partial charge >= 0.3 is 0 Å². The van der Waals surface area contributed by atoms with E-state index in [9.17, 15) is 13.2 Å². The molecule has 18 heavy (non-hydrogen) atoms. The normalized spacial score (nSPS) is 11.8. The highest BCUT2D eigenvalue weighted by atomic mass is 32.2. The zero-order chi connectivity index (χ0) is 13.8. The maximum atomic E-state index is 11.6. The molecule has 0 aliphatic heterocycles. The van der Waals surface area contributed by atoms with Gasteiger partial charge in [-0.2, -0.15) is 0 Å². The summed E-state index contributed by atoms with van der Waals surface area (Å²) < 4.78 is 28.5. The Hall–Kier alpha value is -1.34. The highest BCUT2D eigenvalue weighted by Gasteiger charge is 2.13. The Bertz CT molecular complexity index is 507. The third-order valence-corrected chi connectivity index (χ3v) is 3.88. The van der Waals surface area contributed by atoms with E-state index in [4.69, 9.17) is 4.42 Å². The minimum Gasteiger partial charge on any atom is -0.459 e. The Balaban J connectivity index is 2.31. The molecular weight excluding hydrogens is 256 g/mol. The Kier molecular flexibility index (Phi) is 4.92. The van der Waals surface area contributed by atoms with Gasteiger partial charge in [0.25, 0.3) is 5.91 Å². The van der Waals surface area contributed by atoms with Crippen molar-refractivity contribution in [1.29, 1.82) is 0 Å². The van der Waals surface area contributed by atoms with Crippen molar-refractivity contribution in [1.82, 2.24) is 9.62 Å². The number of hydrogen-bond acceptors (Lipinski definition) is 4. The lowest BCUT2D eigenvalue weighted by atomic mass is 10.2. The topological polar surface area (TPSA) is 79.6 Å². The second-order valence-electron chi connectivity index (χ2n) is 4.13. The van der Waals surface area contributed by atoms with Crippen molar-refractivity contribution in [2.75, 3.05) is 26.4 Å². The monoisotopic (exact) mass is 274 g/mol. The van der Waals surface area contributed by atoms with Crippen LogP contribution < -0.4 is 5.32 Å². The minimum atomic E-state index is -3.15. The van der Waals surface area contributed by atoms with Crippen LogP contribution >= 0.6 is 0 Å². The number of aryl methyl sites for hydroxylation is 1. The molecule has 1 aromatic rings. The summed E-state index contributed by atoms with van der Waals surface area (Å²) in [6.07, 6.45) is 3.16. The fourth-order valence-electron chi connectivity index (χ4n) is 1.36. The summed E-state index contributed by atoms with van der Waals surface area (Å²) >= 11 is 0. The maximum absolute atomic E-state index is 11.6. The van der Waals surface area contributed by atoms with Crippen LogP contribution in [0.25, 0.3) is 0 Å². The quantitative estimate of drug-likeness (QED) is 0.770. The van der Waals surface area contributed by atoms with Gasteiger partial charge in [-0.1, -0.05) is 0 Å². The highest BCUT2D eigenvalue weighted by molar-refractivity contribution is 7.88. The van der Waals surface area contributed by atoms with Crippen LogP contribution in [0.5, 0.6) is 0 Å². The number of nitrogens with zero attached hydrogens (tertiary/aromatic N) is 1. The summed E-state index contributed by atoms with van der Waals surface area (Å²) in [7, 11) is -1.64. The van der Waals surface area contributed by atoms with E-state index >= 15 is 0 Å². The molecule has 1 N–H and O–H groups in total. The lowest BCUT2D eigenvalue weighted by Gasteiger charge is -2.13. The SMILES string of the molecule is Cc1ccoc1C(=O)NCCCN(C)S(C)(=O)=O. The van der Waals surface area contributed by atoms with Gasteiger partial charge in [0.2, 0.25) is 10.0 Å². The van der Waals surface area contributed by atoms with Gasteiger partial charge in [-0.3, -0.25) is 4.79 Å². The first kappa shape index (κ1) is 14.7. The summed E-state index contributed by atoms with van der Waals surface area (Å²) in [5.41, 5.74) is 0.778. The van der Waals surface area contributed by atoms with Gasteiger partial charge in [0.15, 0.2) is 5.76 Å². The van der Waals surface area contributed by atoms with Crippen LogP contribution in [-0.2, 0) is 10.0 Å². The van der Waals surface area contributed by atoms with E-state index in [-0.39, 0.29) is 5.91 Å². The van der Waals surface area contributed by atoms with Crippen LogP contribution in [0.15, 0.2) is 16.7 Å². The molecule has 0 saturated heterocycles. The fourth-order valence-corrected chi connectivity index (χ4v) is 1.82. The van der Waals surface area contributed by atoms with Gasteiger partial charge in [-0.25, -0.2) is 12.7 Å². The smallest absolute Gasteiger partial charge is 0.287 e. The van der Waals surface area contributed by atoms with Crippen LogP contribution in [0.4, 0.5) is 0 Å². The predicted molar refractivity (Wildman–Crippen MR) is 67.9 cm³/mol. The number of rotatable bonds is 6. The fraction of sp³-hybridized carbons (Fsp3) is 0.545. The van der Waals surface area contributed by atoms with Crippen molar-refractivity contribution in [3.63, 3.8) is 0 Å². The standard InChI is InChI=1S/C11H18N2O4S/c1-9-5-8-17-10(9)11(14)12-6-4-7-13(2)18(3,15)16/h5,8H,4,6-7H2,1-3H3,(H,12,14). The largest absolute Gasteiger partial charge is 0.459 e. The molecule has 0 saturated carbocycles. The van der Waals surface area contributed by atoms with Crippen LogP contribution in [0.1, 0.15) is 22.5 Å². The summed E-state index contributed by atoms with van der Waals surface area (Å²) in [6.45, 7) is 2.56. The van der Waals surface area contributed by atoms with Gasteiger partial charge in [-0.05, 0) is 19.4 Å². The van der Waals surface area contributed by atoms with E-state index in [1.54, 1.807) is 13.0 Å². The molecule has 6 nitrogen and oxygen atoms in total. The first-order chi connectivity index (χ1) is 8.32. The number of amides is 1. The van der Waals surface area contributed by atoms with E-state index in [0.717, 1.165) is 11.8 Å². The van der Waals surface area contributed by atoms with E-state index in [2.05, 4.69) is 5.32 Å². The van der Waals surface area contributed by atoms with Crippen molar-refractivity contribution in [2.24, 2.45) is 0 Å². The highest BCUT2D eigenvalue weighted by Crippen LogP contribution is 2.07. The number of furan rings is 1. The average Bonchev–Trinajstić information content (AvgIpc) is 2.68. The number of carbonyl (C=O) groups excluding carboxylic acids is 1. The van der Waals surface area contributed by atoms with Crippen molar-refractivity contribution in [3.05, 3.63) is 23.7 Å². The van der Waals surface area contributed by atoms with Crippen molar-refractivity contribution in [3.8, 4) is 0 Å². The molecule has 0 aliphatic rings. The molecule has 0 atom stereocenters. The summed E-state index contributed by atoms with van der Waals surface area (Å²) in [6, 6.07) is 1.71. The predicted octanol–water partition coefficient (Wildman–Crippen LogP) is 0.599. The summed E-state index contributed by atoms with van der Waals surface area (Å²) in [5.74, 6) is 0.0194. The first-order valence-electron chi connectivity index (χ1n) is 5.56. The van der Waals surface area contributed by atoms with Crippen LogP contribution in [-0.4, -0.2) is 45.0 Å². The molecule has 0 unspecified atom stereocenters. The van der Waals surface area contributed by atoms with Crippen LogP contribution in [0, 0.1) is 6.92 Å². The van der Waals surface area contributed by atoms with E-state index in [1.165, 1.54) is 17.6 Å². The number of sulfonamides is 1. The van der Waals surface area contributed by atoms with E-state index < -0.39 is 10.0 Å². The van der Waals surface area contributed by atoms with Crippen LogP contribution in [0.2, 0.25) is 0 Å². The summed E-state index contributed by atoms with van der Waals surface area (Å²) in [5, 5.41) is 2.68. The third-order valence-electron chi connectivity index (χ3n) is 2.57. The Morgan fingerprint density at radius 1 is 1.50 bits per heavy atom. The van der Waals surface area contributed by atoms with Gasteiger partial charge in [-0.15, -0.1) is 0 Å². The average molecular weight is 274 g/mol. The number of carbonyl (C=O) groups is 1. The third kappa shape index (κ3) is 4.15. The lowest BCUT2D eigenvalue weighted by Crippen LogP contribution is -2.31. The Morgan fingerprint density at radius 2 is 2.17 bits per heavy atom. The minimum absolute atomic E-state index is 0.278. The molecule has 0 aromatic carbocycles. The Labute approximate surface area is 107 Å². The van der Waals surface area contributed by atoms with Crippen LogP contribution in [0.3, 0.4) is 0 Å². The molecule has 1 heterocycles. The molecule has 1 aromatic heterocycles. The van der Waals surface area contributed by atoms with Gasteiger partial charge in [0.05, 0.1) is 12.5 Å². The van der Waals surface area contributed by atoms with Crippen molar-refractivity contribution < 1.29 is 17.6 Å².